The third-order valence-corrected chi connectivity index (χ3v) is 4.96. The summed E-state index contributed by atoms with van der Waals surface area (Å²) in [5, 5.41) is 12.6. The summed E-state index contributed by atoms with van der Waals surface area (Å²) in [6, 6.07) is 20.0. The van der Waals surface area contributed by atoms with Crippen molar-refractivity contribution in [3.05, 3.63) is 76.3 Å². The molecule has 0 spiro atoms. The Morgan fingerprint density at radius 2 is 1.94 bits per heavy atom. The number of ether oxygens (including phenoxy) is 1. The summed E-state index contributed by atoms with van der Waals surface area (Å²) in [5.74, 6) is 0.990. The van der Waals surface area contributed by atoms with E-state index in [1.54, 1.807) is 30.3 Å². The van der Waals surface area contributed by atoms with Gasteiger partial charge < -0.3 is 14.5 Å². The van der Waals surface area contributed by atoms with Crippen LogP contribution in [0, 0.1) is 11.3 Å². The number of carbonyl (C=O) groups is 1. The maximum Gasteiger partial charge on any atom is 0.227 e. The van der Waals surface area contributed by atoms with E-state index in [0.29, 0.717) is 33.5 Å². The lowest BCUT2D eigenvalue weighted by atomic mass is 10.1. The molecule has 0 saturated heterocycles. The highest BCUT2D eigenvalue weighted by molar-refractivity contribution is 6.42. The molecular weight excluding hydrogens is 437 g/mol. The quantitative estimate of drug-likeness (QED) is 0.374. The second kappa shape index (κ2) is 10.5. The highest BCUT2D eigenvalue weighted by atomic mass is 35.5. The van der Waals surface area contributed by atoms with E-state index in [2.05, 4.69) is 16.4 Å². The predicted molar refractivity (Wildman–Crippen MR) is 122 cm³/mol. The minimum absolute atomic E-state index is 0.0138. The van der Waals surface area contributed by atoms with Gasteiger partial charge in [0.2, 0.25) is 5.89 Å². The molecule has 4 aromatic rings. The number of nitrogens with zero attached hydrogens (tertiary/aromatic N) is 2. The molecule has 1 heterocycles. The van der Waals surface area contributed by atoms with E-state index in [4.69, 9.17) is 37.6 Å². The van der Waals surface area contributed by atoms with Crippen LogP contribution in [0.15, 0.2) is 65.1 Å². The lowest BCUT2D eigenvalue weighted by Crippen LogP contribution is -1.97. The van der Waals surface area contributed by atoms with Gasteiger partial charge in [0.05, 0.1) is 16.7 Å². The number of anilines is 1. The first kappa shape index (κ1) is 22.2. The lowest BCUT2D eigenvalue weighted by Gasteiger charge is -2.04. The van der Waals surface area contributed by atoms with Gasteiger partial charge >= 0.3 is 0 Å². The van der Waals surface area contributed by atoms with Crippen LogP contribution in [-0.4, -0.2) is 24.9 Å². The van der Waals surface area contributed by atoms with Crippen molar-refractivity contribution < 1.29 is 13.9 Å². The van der Waals surface area contributed by atoms with Gasteiger partial charge in [-0.05, 0) is 54.6 Å². The van der Waals surface area contributed by atoms with Crippen molar-refractivity contribution >= 4 is 46.3 Å². The normalized spacial score (nSPS) is 10.0. The molecule has 156 valence electrons. The number of carbonyl (C=O) groups excluding carboxylic acids is 1. The van der Waals surface area contributed by atoms with Crippen LogP contribution in [0.5, 0.6) is 5.75 Å². The molecule has 0 amide bonds. The van der Waals surface area contributed by atoms with Gasteiger partial charge in [0.25, 0.3) is 0 Å². The molecule has 1 aromatic heterocycles. The summed E-state index contributed by atoms with van der Waals surface area (Å²) in [4.78, 5) is 14.4. The second-order valence-corrected chi connectivity index (χ2v) is 6.96. The molecule has 3 aromatic carbocycles. The SMILES string of the molecule is CNc1ccc2oc(-c3ccc(C#N)cc3)nc2c1.O=CCOc1cccc(Cl)c1Cl. The third kappa shape index (κ3) is 5.54. The fourth-order valence-corrected chi connectivity index (χ4v) is 2.96. The minimum Gasteiger partial charge on any atom is -0.485 e. The summed E-state index contributed by atoms with van der Waals surface area (Å²) >= 11 is 11.4. The highest BCUT2D eigenvalue weighted by Crippen LogP contribution is 2.31. The number of halogens is 2. The number of nitriles is 1. The molecule has 0 bridgehead atoms. The number of rotatable bonds is 5. The van der Waals surface area contributed by atoms with E-state index in [9.17, 15) is 4.79 Å². The van der Waals surface area contributed by atoms with Crippen LogP contribution in [0.1, 0.15) is 5.56 Å². The second-order valence-electron chi connectivity index (χ2n) is 6.17. The Morgan fingerprint density at radius 3 is 2.61 bits per heavy atom. The van der Waals surface area contributed by atoms with E-state index < -0.39 is 0 Å². The summed E-state index contributed by atoms with van der Waals surface area (Å²) in [6.45, 7) is -0.0138. The molecule has 0 fully saturated rings. The largest absolute Gasteiger partial charge is 0.485 e. The van der Waals surface area contributed by atoms with Gasteiger partial charge in [0.1, 0.15) is 22.9 Å². The first-order valence-electron chi connectivity index (χ1n) is 9.15. The molecule has 0 saturated carbocycles. The Balaban J connectivity index is 0.000000196. The molecule has 0 aliphatic carbocycles. The van der Waals surface area contributed by atoms with Gasteiger partial charge in [-0.25, -0.2) is 4.98 Å². The number of benzene rings is 3. The van der Waals surface area contributed by atoms with Crippen LogP contribution < -0.4 is 10.1 Å². The topological polar surface area (TPSA) is 88.2 Å². The minimum atomic E-state index is -0.0138. The maximum atomic E-state index is 9.97. The summed E-state index contributed by atoms with van der Waals surface area (Å²) in [7, 11) is 1.86. The van der Waals surface area contributed by atoms with Crippen molar-refractivity contribution in [2.45, 2.75) is 0 Å². The van der Waals surface area contributed by atoms with Gasteiger partial charge in [-0.15, -0.1) is 0 Å². The first-order chi connectivity index (χ1) is 15.0. The Bertz CT molecular complexity index is 1230. The van der Waals surface area contributed by atoms with Crippen molar-refractivity contribution in [1.29, 1.82) is 5.26 Å². The molecule has 8 heteroatoms. The number of fused-ring (bicyclic) bond motifs is 1. The average molecular weight is 454 g/mol. The molecule has 4 rings (SSSR count). The molecule has 0 radical (unpaired) electrons. The molecule has 31 heavy (non-hydrogen) atoms. The molecule has 0 atom stereocenters. The van der Waals surface area contributed by atoms with Crippen LogP contribution in [0.2, 0.25) is 10.0 Å². The zero-order chi connectivity index (χ0) is 22.2. The molecular formula is C23H17Cl2N3O3. The van der Waals surface area contributed by atoms with E-state index >= 15 is 0 Å². The zero-order valence-electron chi connectivity index (χ0n) is 16.4. The van der Waals surface area contributed by atoms with Crippen molar-refractivity contribution in [2.75, 3.05) is 19.0 Å². The van der Waals surface area contributed by atoms with Crippen LogP contribution in [-0.2, 0) is 4.79 Å². The lowest BCUT2D eigenvalue weighted by molar-refractivity contribution is -0.109. The summed E-state index contributed by atoms with van der Waals surface area (Å²) < 4.78 is 10.7. The number of aromatic nitrogens is 1. The van der Waals surface area contributed by atoms with Gasteiger partial charge in [0.15, 0.2) is 11.9 Å². The first-order valence-corrected chi connectivity index (χ1v) is 9.90. The fourth-order valence-electron chi connectivity index (χ4n) is 2.61. The summed E-state index contributed by atoms with van der Waals surface area (Å²) in [6.07, 6.45) is 0.650. The third-order valence-electron chi connectivity index (χ3n) is 4.16. The Hall–Kier alpha value is -3.53. The molecule has 0 aliphatic heterocycles. The maximum absolute atomic E-state index is 9.97. The van der Waals surface area contributed by atoms with Crippen molar-refractivity contribution in [1.82, 2.24) is 4.98 Å². The van der Waals surface area contributed by atoms with Crippen LogP contribution in [0.3, 0.4) is 0 Å². The molecule has 1 N–H and O–H groups in total. The van der Waals surface area contributed by atoms with Crippen LogP contribution in [0.4, 0.5) is 5.69 Å². The standard InChI is InChI=1S/C15H11N3O.C8H6Cl2O2/c1-17-12-6-7-14-13(8-12)18-15(19-14)11-4-2-10(9-16)3-5-11;9-6-2-1-3-7(8(6)10)12-5-4-11/h2-8,17H,1H3;1-4H,5H2. The van der Waals surface area contributed by atoms with Gasteiger partial charge in [-0.3, -0.25) is 4.79 Å². The van der Waals surface area contributed by atoms with Gasteiger partial charge in [0, 0.05) is 18.3 Å². The summed E-state index contributed by atoms with van der Waals surface area (Å²) in [5.41, 5.74) is 4.04. The smallest absolute Gasteiger partial charge is 0.227 e. The predicted octanol–water partition coefficient (Wildman–Crippen LogP) is 5.98. The van der Waals surface area contributed by atoms with Crippen LogP contribution in [0.25, 0.3) is 22.6 Å². The Morgan fingerprint density at radius 1 is 1.16 bits per heavy atom. The van der Waals surface area contributed by atoms with Gasteiger partial charge in [-0.2, -0.15) is 5.26 Å². The number of hydrogen-bond acceptors (Lipinski definition) is 6. The number of hydrogen-bond donors (Lipinski definition) is 1. The Kier molecular flexibility index (Phi) is 7.50. The molecule has 6 nitrogen and oxygen atoms in total. The highest BCUT2D eigenvalue weighted by Gasteiger charge is 2.08. The number of aldehydes is 1. The Labute approximate surface area is 189 Å². The molecule has 0 unspecified atom stereocenters. The van der Waals surface area contributed by atoms with Crippen molar-refractivity contribution in [2.24, 2.45) is 0 Å². The zero-order valence-corrected chi connectivity index (χ0v) is 17.9. The van der Waals surface area contributed by atoms with Gasteiger partial charge in [-0.1, -0.05) is 29.3 Å². The van der Waals surface area contributed by atoms with E-state index in [-0.39, 0.29) is 6.61 Å². The van der Waals surface area contributed by atoms with E-state index in [1.165, 1.54) is 0 Å². The monoisotopic (exact) mass is 453 g/mol. The van der Waals surface area contributed by atoms with E-state index in [1.807, 2.05) is 37.4 Å². The fraction of sp³-hybridized carbons (Fsp3) is 0.0870. The number of oxazole rings is 1. The average Bonchev–Trinajstić information content (AvgIpc) is 3.24. The van der Waals surface area contributed by atoms with Crippen LogP contribution >= 0.6 is 23.2 Å². The van der Waals surface area contributed by atoms with Crippen molar-refractivity contribution in [3.8, 4) is 23.3 Å². The number of nitrogens with one attached hydrogen (secondary N) is 1. The molecule has 0 aliphatic rings. The van der Waals surface area contributed by atoms with Crippen molar-refractivity contribution in [3.63, 3.8) is 0 Å². The van der Waals surface area contributed by atoms with E-state index in [0.717, 1.165) is 22.4 Å².